The number of amidine groups is 1. The first-order valence-corrected chi connectivity index (χ1v) is 8.12. The second kappa shape index (κ2) is 5.66. The summed E-state index contributed by atoms with van der Waals surface area (Å²) in [5, 5.41) is 4.47. The Morgan fingerprint density at radius 1 is 1.39 bits per heavy atom. The van der Waals surface area contributed by atoms with Gasteiger partial charge in [0.05, 0.1) is 11.2 Å². The maximum atomic E-state index is 4.86. The van der Waals surface area contributed by atoms with Crippen molar-refractivity contribution in [3.05, 3.63) is 28.2 Å². The molecule has 0 fully saturated rings. The molecule has 2 nitrogen and oxygen atoms in total. The highest BCUT2D eigenvalue weighted by atomic mass is 79.9. The number of rotatable bonds is 3. The Hall–Kier alpha value is -0.480. The molecular formula is C14H19BrN2S. The van der Waals surface area contributed by atoms with E-state index in [9.17, 15) is 0 Å². The van der Waals surface area contributed by atoms with Crippen LogP contribution in [-0.2, 0) is 0 Å². The van der Waals surface area contributed by atoms with E-state index in [1.165, 1.54) is 5.56 Å². The minimum atomic E-state index is 0.143. The third-order valence-corrected chi connectivity index (χ3v) is 5.30. The van der Waals surface area contributed by atoms with Crippen molar-refractivity contribution in [3.8, 4) is 0 Å². The first kappa shape index (κ1) is 13.9. The Morgan fingerprint density at radius 2 is 2.11 bits per heavy atom. The Balaban J connectivity index is 2.15. The van der Waals surface area contributed by atoms with Crippen LogP contribution in [0.15, 0.2) is 27.7 Å². The third kappa shape index (κ3) is 2.91. The van der Waals surface area contributed by atoms with Gasteiger partial charge in [0.1, 0.15) is 0 Å². The van der Waals surface area contributed by atoms with E-state index in [-0.39, 0.29) is 5.54 Å². The molecule has 1 aromatic carbocycles. The molecule has 98 valence electrons. The SMILES string of the molecule is CCC1(CC)CSC(Nc2ccc(C)cc2Br)=N1. The molecule has 1 aliphatic rings. The molecule has 1 aliphatic heterocycles. The van der Waals surface area contributed by atoms with E-state index < -0.39 is 0 Å². The monoisotopic (exact) mass is 326 g/mol. The van der Waals surface area contributed by atoms with Gasteiger partial charge >= 0.3 is 0 Å². The largest absolute Gasteiger partial charge is 0.334 e. The molecule has 1 aromatic rings. The molecule has 0 saturated heterocycles. The van der Waals surface area contributed by atoms with Crippen LogP contribution in [0, 0.1) is 6.92 Å². The molecule has 0 aromatic heterocycles. The molecule has 1 heterocycles. The zero-order valence-corrected chi connectivity index (χ0v) is 13.5. The topological polar surface area (TPSA) is 24.4 Å². The molecule has 0 unspecified atom stereocenters. The second-order valence-electron chi connectivity index (χ2n) is 4.75. The van der Waals surface area contributed by atoms with Crippen molar-refractivity contribution in [1.82, 2.24) is 0 Å². The zero-order chi connectivity index (χ0) is 13.2. The Labute approximate surface area is 122 Å². The predicted molar refractivity (Wildman–Crippen MR) is 85.7 cm³/mol. The van der Waals surface area contributed by atoms with Crippen LogP contribution in [0.5, 0.6) is 0 Å². The van der Waals surface area contributed by atoms with Crippen molar-refractivity contribution in [2.24, 2.45) is 4.99 Å². The molecule has 18 heavy (non-hydrogen) atoms. The van der Waals surface area contributed by atoms with Crippen LogP contribution < -0.4 is 5.32 Å². The molecule has 2 rings (SSSR count). The average molecular weight is 327 g/mol. The summed E-state index contributed by atoms with van der Waals surface area (Å²) < 4.78 is 1.09. The summed E-state index contributed by atoms with van der Waals surface area (Å²) >= 11 is 5.41. The van der Waals surface area contributed by atoms with Crippen LogP contribution in [0.25, 0.3) is 0 Å². The maximum absolute atomic E-state index is 4.86. The minimum absolute atomic E-state index is 0.143. The molecule has 0 spiro atoms. The molecule has 4 heteroatoms. The summed E-state index contributed by atoms with van der Waals surface area (Å²) in [5.74, 6) is 1.09. The van der Waals surface area contributed by atoms with Gasteiger partial charge in [-0.3, -0.25) is 4.99 Å². The van der Waals surface area contributed by atoms with Gasteiger partial charge in [-0.05, 0) is 53.4 Å². The van der Waals surface area contributed by atoms with E-state index in [1.54, 1.807) is 0 Å². The van der Waals surface area contributed by atoms with Crippen molar-refractivity contribution < 1.29 is 0 Å². The van der Waals surface area contributed by atoms with Crippen molar-refractivity contribution >= 4 is 38.5 Å². The predicted octanol–water partition coefficient (Wildman–Crippen LogP) is 4.83. The van der Waals surface area contributed by atoms with E-state index in [0.29, 0.717) is 0 Å². The van der Waals surface area contributed by atoms with E-state index in [2.05, 4.69) is 60.2 Å². The fourth-order valence-electron chi connectivity index (χ4n) is 2.00. The number of aliphatic imine (C=N–C) groups is 1. The molecule has 1 N–H and O–H groups in total. The highest BCUT2D eigenvalue weighted by Crippen LogP contribution is 2.34. The third-order valence-electron chi connectivity index (χ3n) is 3.50. The normalized spacial score (nSPS) is 17.7. The number of anilines is 1. The molecule has 0 amide bonds. The van der Waals surface area contributed by atoms with Crippen molar-refractivity contribution in [2.75, 3.05) is 11.1 Å². The number of thioether (sulfide) groups is 1. The number of benzene rings is 1. The van der Waals surface area contributed by atoms with Gasteiger partial charge in [-0.15, -0.1) is 0 Å². The first-order chi connectivity index (χ1) is 8.58. The van der Waals surface area contributed by atoms with Crippen LogP contribution in [0.3, 0.4) is 0 Å². The van der Waals surface area contributed by atoms with E-state index in [0.717, 1.165) is 33.9 Å². The fraction of sp³-hybridized carbons (Fsp3) is 0.500. The van der Waals surface area contributed by atoms with Gasteiger partial charge in [0.15, 0.2) is 5.17 Å². The number of nitrogens with one attached hydrogen (secondary N) is 1. The second-order valence-corrected chi connectivity index (χ2v) is 6.56. The van der Waals surface area contributed by atoms with Crippen LogP contribution in [0.2, 0.25) is 0 Å². The average Bonchev–Trinajstić information content (AvgIpc) is 2.77. The van der Waals surface area contributed by atoms with Crippen LogP contribution >= 0.6 is 27.7 Å². The van der Waals surface area contributed by atoms with E-state index in [1.807, 2.05) is 11.8 Å². The van der Waals surface area contributed by atoms with Gasteiger partial charge in [-0.2, -0.15) is 0 Å². The van der Waals surface area contributed by atoms with Crippen LogP contribution in [0.1, 0.15) is 32.3 Å². The minimum Gasteiger partial charge on any atom is -0.334 e. The van der Waals surface area contributed by atoms with Crippen molar-refractivity contribution in [2.45, 2.75) is 39.2 Å². The molecule has 0 bridgehead atoms. The Morgan fingerprint density at radius 3 is 2.67 bits per heavy atom. The summed E-state index contributed by atoms with van der Waals surface area (Å²) in [5.41, 5.74) is 2.49. The lowest BCUT2D eigenvalue weighted by Crippen LogP contribution is -2.24. The number of halogens is 1. The number of hydrogen-bond acceptors (Lipinski definition) is 3. The lowest BCUT2D eigenvalue weighted by molar-refractivity contribution is 0.456. The smallest absolute Gasteiger partial charge is 0.161 e. The van der Waals surface area contributed by atoms with Gasteiger partial charge in [0.25, 0.3) is 0 Å². The highest BCUT2D eigenvalue weighted by Gasteiger charge is 2.32. The summed E-state index contributed by atoms with van der Waals surface area (Å²) in [6.45, 7) is 6.53. The number of aryl methyl sites for hydroxylation is 1. The Kier molecular flexibility index (Phi) is 4.38. The van der Waals surface area contributed by atoms with Crippen molar-refractivity contribution in [1.29, 1.82) is 0 Å². The summed E-state index contributed by atoms with van der Waals surface area (Å²) in [7, 11) is 0. The Bertz CT molecular complexity index is 467. The van der Waals surface area contributed by atoms with Gasteiger partial charge in [-0.25, -0.2) is 0 Å². The van der Waals surface area contributed by atoms with Crippen molar-refractivity contribution in [3.63, 3.8) is 0 Å². The summed E-state index contributed by atoms with van der Waals surface area (Å²) in [6, 6.07) is 6.33. The highest BCUT2D eigenvalue weighted by molar-refractivity contribution is 9.10. The summed E-state index contributed by atoms with van der Waals surface area (Å²) in [4.78, 5) is 4.86. The number of hydrogen-bond donors (Lipinski definition) is 1. The standard InChI is InChI=1S/C14H19BrN2S/c1-4-14(5-2)9-18-13(17-14)16-12-7-6-10(3)8-11(12)15/h6-8H,4-5,9H2,1-3H3,(H,16,17). The lowest BCUT2D eigenvalue weighted by Gasteiger charge is -2.20. The maximum Gasteiger partial charge on any atom is 0.161 e. The fourth-order valence-corrected chi connectivity index (χ4v) is 3.91. The van der Waals surface area contributed by atoms with E-state index in [4.69, 9.17) is 4.99 Å². The van der Waals surface area contributed by atoms with Gasteiger partial charge in [-0.1, -0.05) is 31.7 Å². The molecule has 0 aliphatic carbocycles. The molecule has 0 saturated carbocycles. The first-order valence-electron chi connectivity index (χ1n) is 6.34. The lowest BCUT2D eigenvalue weighted by atomic mass is 9.97. The van der Waals surface area contributed by atoms with Gasteiger partial charge in [0, 0.05) is 10.2 Å². The summed E-state index contributed by atoms with van der Waals surface area (Å²) in [6.07, 6.45) is 2.22. The van der Waals surface area contributed by atoms with E-state index >= 15 is 0 Å². The van der Waals surface area contributed by atoms with Gasteiger partial charge in [0.2, 0.25) is 0 Å². The van der Waals surface area contributed by atoms with Gasteiger partial charge < -0.3 is 5.32 Å². The molecule has 0 radical (unpaired) electrons. The van der Waals surface area contributed by atoms with Crippen LogP contribution in [-0.4, -0.2) is 16.5 Å². The number of nitrogens with zero attached hydrogens (tertiary/aromatic N) is 1. The quantitative estimate of drug-likeness (QED) is 0.860. The molecular weight excluding hydrogens is 308 g/mol. The molecule has 0 atom stereocenters. The zero-order valence-electron chi connectivity index (χ0n) is 11.1. The van der Waals surface area contributed by atoms with Crippen LogP contribution in [0.4, 0.5) is 5.69 Å².